The number of rotatable bonds is 4. The molecular weight excluding hydrogens is 261 g/mol. The van der Waals surface area contributed by atoms with Gasteiger partial charge in [0.25, 0.3) is 0 Å². The van der Waals surface area contributed by atoms with E-state index in [4.69, 9.17) is 11.6 Å². The number of halogens is 2. The molecule has 0 spiro atoms. The van der Waals surface area contributed by atoms with Crippen LogP contribution in [-0.2, 0) is 6.42 Å². The average Bonchev–Trinajstić information content (AvgIpc) is 2.43. The lowest BCUT2D eigenvalue weighted by molar-refractivity contribution is 0.623. The van der Waals surface area contributed by atoms with E-state index in [-0.39, 0.29) is 11.9 Å². The number of aryl methyl sites for hydroxylation is 1. The molecule has 0 N–H and O–H groups in total. The first-order chi connectivity index (χ1) is 9.15. The molecule has 0 radical (unpaired) electrons. The lowest BCUT2D eigenvalue weighted by Gasteiger charge is -2.16. The predicted octanol–water partition coefficient (Wildman–Crippen LogP) is 4.83. The van der Waals surface area contributed by atoms with Crippen LogP contribution in [0.3, 0.4) is 0 Å². The molecule has 2 aromatic carbocycles. The zero-order valence-corrected chi connectivity index (χ0v) is 11.5. The van der Waals surface area contributed by atoms with E-state index in [9.17, 15) is 4.39 Å². The predicted molar refractivity (Wildman–Crippen MR) is 78.6 cm³/mol. The maximum absolute atomic E-state index is 13.3. The Morgan fingerprint density at radius 3 is 2.47 bits per heavy atom. The number of aliphatic imine (C=N–C) groups is 1. The van der Waals surface area contributed by atoms with Crippen molar-refractivity contribution in [2.75, 3.05) is 0 Å². The molecule has 98 valence electrons. The highest BCUT2D eigenvalue weighted by Gasteiger charge is 2.15. The van der Waals surface area contributed by atoms with Crippen LogP contribution in [0.5, 0.6) is 0 Å². The second kappa shape index (κ2) is 5.98. The molecule has 0 saturated heterocycles. The third-order valence-corrected chi connectivity index (χ3v) is 3.40. The molecule has 0 fully saturated rings. The van der Waals surface area contributed by atoms with Crippen LogP contribution in [-0.4, -0.2) is 6.72 Å². The van der Waals surface area contributed by atoms with Crippen LogP contribution in [0, 0.1) is 5.82 Å². The number of benzene rings is 2. The van der Waals surface area contributed by atoms with Crippen molar-refractivity contribution in [1.29, 1.82) is 0 Å². The second-order valence-electron chi connectivity index (χ2n) is 4.33. The third-order valence-electron chi connectivity index (χ3n) is 3.15. The van der Waals surface area contributed by atoms with Gasteiger partial charge in [0.1, 0.15) is 5.82 Å². The minimum atomic E-state index is -0.223. The largest absolute Gasteiger partial charge is 0.288 e. The van der Waals surface area contributed by atoms with E-state index in [0.717, 1.165) is 23.1 Å². The highest BCUT2D eigenvalue weighted by molar-refractivity contribution is 6.30. The maximum Gasteiger partial charge on any atom is 0.123 e. The van der Waals surface area contributed by atoms with Gasteiger partial charge in [-0.15, -0.1) is 0 Å². The molecule has 1 unspecified atom stereocenters. The van der Waals surface area contributed by atoms with Gasteiger partial charge in [0.15, 0.2) is 0 Å². The van der Waals surface area contributed by atoms with Gasteiger partial charge in [0.05, 0.1) is 6.04 Å². The lowest BCUT2D eigenvalue weighted by Crippen LogP contribution is -2.02. The van der Waals surface area contributed by atoms with Gasteiger partial charge in [-0.1, -0.05) is 36.7 Å². The first kappa shape index (κ1) is 13.8. The number of hydrogen-bond acceptors (Lipinski definition) is 1. The normalized spacial score (nSPS) is 12.2. The fraction of sp³-hybridized carbons (Fsp3) is 0.188. The molecule has 0 aliphatic carbocycles. The van der Waals surface area contributed by atoms with Crippen molar-refractivity contribution in [3.05, 3.63) is 70.0 Å². The van der Waals surface area contributed by atoms with Crippen LogP contribution in [0.4, 0.5) is 4.39 Å². The Morgan fingerprint density at radius 2 is 1.89 bits per heavy atom. The molecule has 2 rings (SSSR count). The number of hydrogen-bond donors (Lipinski definition) is 0. The fourth-order valence-corrected chi connectivity index (χ4v) is 2.30. The SMILES string of the molecule is C=NC(c1ccc(Cl)cc1)c1ccc(F)cc1CC. The molecule has 19 heavy (non-hydrogen) atoms. The Labute approximate surface area is 117 Å². The van der Waals surface area contributed by atoms with Gasteiger partial charge in [0, 0.05) is 5.02 Å². The van der Waals surface area contributed by atoms with Crippen molar-refractivity contribution in [1.82, 2.24) is 0 Å². The zero-order chi connectivity index (χ0) is 13.8. The van der Waals surface area contributed by atoms with Gasteiger partial charge < -0.3 is 0 Å². The summed E-state index contributed by atoms with van der Waals surface area (Å²) < 4.78 is 13.3. The monoisotopic (exact) mass is 275 g/mol. The molecule has 2 aromatic rings. The first-order valence-corrected chi connectivity index (χ1v) is 6.53. The van der Waals surface area contributed by atoms with Crippen LogP contribution >= 0.6 is 11.6 Å². The molecule has 1 atom stereocenters. The van der Waals surface area contributed by atoms with Crippen LogP contribution in [0.1, 0.15) is 29.7 Å². The van der Waals surface area contributed by atoms with Gasteiger partial charge in [-0.05, 0) is 54.1 Å². The summed E-state index contributed by atoms with van der Waals surface area (Å²) >= 11 is 5.89. The highest BCUT2D eigenvalue weighted by Crippen LogP contribution is 2.30. The fourth-order valence-electron chi connectivity index (χ4n) is 2.18. The van der Waals surface area contributed by atoms with Crippen molar-refractivity contribution in [3.8, 4) is 0 Å². The Kier molecular flexibility index (Phi) is 4.33. The van der Waals surface area contributed by atoms with Gasteiger partial charge in [0.2, 0.25) is 0 Å². The summed E-state index contributed by atoms with van der Waals surface area (Å²) in [5, 5.41) is 0.682. The van der Waals surface area contributed by atoms with Gasteiger partial charge in [-0.25, -0.2) is 4.39 Å². The maximum atomic E-state index is 13.3. The Hall–Kier alpha value is -1.67. The summed E-state index contributed by atoms with van der Waals surface area (Å²) in [4.78, 5) is 4.18. The van der Waals surface area contributed by atoms with E-state index < -0.39 is 0 Å². The molecule has 3 heteroatoms. The molecule has 0 heterocycles. The second-order valence-corrected chi connectivity index (χ2v) is 4.77. The summed E-state index contributed by atoms with van der Waals surface area (Å²) in [6, 6.07) is 12.1. The van der Waals surface area contributed by atoms with E-state index >= 15 is 0 Å². The van der Waals surface area contributed by atoms with Gasteiger partial charge in [-0.2, -0.15) is 0 Å². The summed E-state index contributed by atoms with van der Waals surface area (Å²) in [6.07, 6.45) is 0.757. The van der Waals surface area contributed by atoms with E-state index in [2.05, 4.69) is 11.7 Å². The van der Waals surface area contributed by atoms with E-state index in [1.165, 1.54) is 6.07 Å². The number of nitrogens with zero attached hydrogens (tertiary/aromatic N) is 1. The first-order valence-electron chi connectivity index (χ1n) is 6.15. The van der Waals surface area contributed by atoms with Gasteiger partial charge in [-0.3, -0.25) is 4.99 Å². The quantitative estimate of drug-likeness (QED) is 0.709. The van der Waals surface area contributed by atoms with Crippen LogP contribution in [0.15, 0.2) is 47.5 Å². The molecule has 0 aliphatic rings. The highest BCUT2D eigenvalue weighted by atomic mass is 35.5. The summed E-state index contributed by atoms with van der Waals surface area (Å²) in [5.74, 6) is -0.223. The molecule has 0 saturated carbocycles. The molecular formula is C16H15ClFN. The molecule has 0 aliphatic heterocycles. The minimum absolute atomic E-state index is 0.187. The molecule has 0 aromatic heterocycles. The van der Waals surface area contributed by atoms with Crippen LogP contribution in [0.2, 0.25) is 5.02 Å². The topological polar surface area (TPSA) is 12.4 Å². The summed E-state index contributed by atoms with van der Waals surface area (Å²) in [5.41, 5.74) is 2.94. The third kappa shape index (κ3) is 3.02. The Bertz CT molecular complexity index is 578. The van der Waals surface area contributed by atoms with E-state index in [1.54, 1.807) is 12.1 Å². The van der Waals surface area contributed by atoms with Crippen molar-refractivity contribution in [3.63, 3.8) is 0 Å². The Balaban J connectivity index is 2.47. The van der Waals surface area contributed by atoms with Crippen molar-refractivity contribution >= 4 is 18.3 Å². The van der Waals surface area contributed by atoms with Crippen molar-refractivity contribution < 1.29 is 4.39 Å². The minimum Gasteiger partial charge on any atom is -0.288 e. The van der Waals surface area contributed by atoms with Crippen LogP contribution < -0.4 is 0 Å². The zero-order valence-electron chi connectivity index (χ0n) is 10.7. The standard InChI is InChI=1S/C16H15ClFN/c1-3-11-10-14(18)8-9-15(11)16(19-2)12-4-6-13(17)7-5-12/h4-10,16H,2-3H2,1H3. The van der Waals surface area contributed by atoms with Crippen molar-refractivity contribution in [2.24, 2.45) is 4.99 Å². The van der Waals surface area contributed by atoms with E-state index in [0.29, 0.717) is 5.02 Å². The molecule has 0 amide bonds. The van der Waals surface area contributed by atoms with Crippen molar-refractivity contribution in [2.45, 2.75) is 19.4 Å². The Morgan fingerprint density at radius 1 is 1.21 bits per heavy atom. The lowest BCUT2D eigenvalue weighted by atomic mass is 9.93. The van der Waals surface area contributed by atoms with Gasteiger partial charge >= 0.3 is 0 Å². The average molecular weight is 276 g/mol. The van der Waals surface area contributed by atoms with Crippen LogP contribution in [0.25, 0.3) is 0 Å². The summed E-state index contributed by atoms with van der Waals surface area (Å²) in [6.45, 7) is 5.66. The van der Waals surface area contributed by atoms with E-state index in [1.807, 2.05) is 31.2 Å². The molecule has 0 bridgehead atoms. The molecule has 1 nitrogen and oxygen atoms in total. The smallest absolute Gasteiger partial charge is 0.123 e. The summed E-state index contributed by atoms with van der Waals surface area (Å²) in [7, 11) is 0.